The first-order chi connectivity index (χ1) is 6.63. The van der Waals surface area contributed by atoms with E-state index in [0.717, 1.165) is 4.57 Å². The van der Waals surface area contributed by atoms with Gasteiger partial charge in [-0.15, -0.1) is 0 Å². The molecular formula is C7H6N4O3. The molecule has 0 radical (unpaired) electrons. The lowest BCUT2D eigenvalue weighted by Gasteiger charge is -1.94. The minimum absolute atomic E-state index is 0.0201. The summed E-state index contributed by atoms with van der Waals surface area (Å²) < 4.78 is 1.15. The van der Waals surface area contributed by atoms with E-state index in [1.807, 2.05) is 0 Å². The van der Waals surface area contributed by atoms with Crippen LogP contribution in [0.2, 0.25) is 0 Å². The highest BCUT2D eigenvalue weighted by atomic mass is 16.2. The first-order valence-electron chi connectivity index (χ1n) is 3.77. The minimum Gasteiger partial charge on any atom is -0.330 e. The van der Waals surface area contributed by atoms with E-state index in [1.165, 1.54) is 7.05 Å². The Balaban J connectivity index is 3.06. The van der Waals surface area contributed by atoms with Crippen LogP contribution in [-0.2, 0) is 7.05 Å². The van der Waals surface area contributed by atoms with Gasteiger partial charge in [0.05, 0.1) is 0 Å². The maximum Gasteiger partial charge on any atom is 0.329 e. The van der Waals surface area contributed by atoms with E-state index in [-0.39, 0.29) is 17.0 Å². The van der Waals surface area contributed by atoms with Crippen LogP contribution in [0.3, 0.4) is 0 Å². The Bertz CT molecular complexity index is 618. The van der Waals surface area contributed by atoms with Gasteiger partial charge in [-0.1, -0.05) is 0 Å². The summed E-state index contributed by atoms with van der Waals surface area (Å²) >= 11 is 0. The molecule has 2 N–H and O–H groups in total. The van der Waals surface area contributed by atoms with Crippen molar-refractivity contribution in [3.63, 3.8) is 0 Å². The topological polar surface area (TPSA) is 101 Å². The Hall–Kier alpha value is -2.18. The lowest BCUT2D eigenvalue weighted by molar-refractivity contribution is 0.111. The lowest BCUT2D eigenvalue weighted by Crippen LogP contribution is -2.28. The normalized spacial score (nSPS) is 10.6. The quantitative estimate of drug-likeness (QED) is 0.554. The SMILES string of the molecule is Cn1c(=O)[nH]c(=O)c2[nH]c(C=O)nc21. The number of aromatic nitrogens is 4. The summed E-state index contributed by atoms with van der Waals surface area (Å²) in [6.45, 7) is 0. The molecule has 0 atom stereocenters. The molecular weight excluding hydrogens is 188 g/mol. The van der Waals surface area contributed by atoms with Crippen LogP contribution in [0.4, 0.5) is 0 Å². The molecule has 0 aliphatic rings. The van der Waals surface area contributed by atoms with Crippen LogP contribution in [0.15, 0.2) is 9.59 Å². The van der Waals surface area contributed by atoms with Gasteiger partial charge in [-0.25, -0.2) is 9.78 Å². The third-order valence-electron chi connectivity index (χ3n) is 1.88. The maximum absolute atomic E-state index is 11.2. The van der Waals surface area contributed by atoms with Crippen molar-refractivity contribution in [3.8, 4) is 0 Å². The molecule has 14 heavy (non-hydrogen) atoms. The molecule has 7 heteroatoms. The number of hydrogen-bond donors (Lipinski definition) is 2. The number of imidazole rings is 1. The standard InChI is InChI=1S/C7H6N4O3/c1-11-5-4(6(13)10-7(11)14)8-3(2-12)9-5/h2H,1H3,(H,8,9)(H,10,13,14). The van der Waals surface area contributed by atoms with Crippen molar-refractivity contribution in [2.24, 2.45) is 7.05 Å². The number of aryl methyl sites for hydroxylation is 1. The fourth-order valence-electron chi connectivity index (χ4n) is 1.18. The van der Waals surface area contributed by atoms with Gasteiger partial charge in [0, 0.05) is 7.05 Å². The molecule has 7 nitrogen and oxygen atoms in total. The smallest absolute Gasteiger partial charge is 0.329 e. The Labute approximate surface area is 76.4 Å². The Morgan fingerprint density at radius 3 is 2.71 bits per heavy atom. The summed E-state index contributed by atoms with van der Waals surface area (Å²) in [5, 5.41) is 0. The van der Waals surface area contributed by atoms with Crippen molar-refractivity contribution in [3.05, 3.63) is 26.7 Å². The number of rotatable bonds is 1. The van der Waals surface area contributed by atoms with Crippen molar-refractivity contribution >= 4 is 17.5 Å². The van der Waals surface area contributed by atoms with Crippen LogP contribution in [0.1, 0.15) is 10.6 Å². The van der Waals surface area contributed by atoms with Gasteiger partial charge in [0.2, 0.25) is 0 Å². The van der Waals surface area contributed by atoms with E-state index >= 15 is 0 Å². The molecule has 0 saturated carbocycles. The van der Waals surface area contributed by atoms with E-state index in [2.05, 4.69) is 15.0 Å². The van der Waals surface area contributed by atoms with Crippen LogP contribution in [0, 0.1) is 0 Å². The Kier molecular flexibility index (Phi) is 1.60. The molecule has 2 aromatic heterocycles. The number of aromatic amines is 2. The van der Waals surface area contributed by atoms with Crippen molar-refractivity contribution in [1.29, 1.82) is 0 Å². The molecule has 2 aromatic rings. The number of carbonyl (C=O) groups excluding carboxylic acids is 1. The predicted octanol–water partition coefficient (Wildman–Crippen LogP) is -1.24. The van der Waals surface area contributed by atoms with Crippen LogP contribution in [-0.4, -0.2) is 25.8 Å². The molecule has 2 heterocycles. The molecule has 2 rings (SSSR count). The monoisotopic (exact) mass is 194 g/mol. The van der Waals surface area contributed by atoms with Crippen LogP contribution in [0.5, 0.6) is 0 Å². The molecule has 0 saturated heterocycles. The Morgan fingerprint density at radius 2 is 2.07 bits per heavy atom. The molecule has 0 bridgehead atoms. The highest BCUT2D eigenvalue weighted by Gasteiger charge is 2.09. The number of nitrogens with zero attached hydrogens (tertiary/aromatic N) is 2. The van der Waals surface area contributed by atoms with Gasteiger partial charge >= 0.3 is 5.69 Å². The van der Waals surface area contributed by atoms with E-state index in [4.69, 9.17) is 0 Å². The van der Waals surface area contributed by atoms with E-state index in [0.29, 0.717) is 6.29 Å². The lowest BCUT2D eigenvalue weighted by atomic mass is 10.5. The first kappa shape index (κ1) is 8.42. The Morgan fingerprint density at radius 1 is 1.36 bits per heavy atom. The number of hydrogen-bond acceptors (Lipinski definition) is 4. The third-order valence-corrected chi connectivity index (χ3v) is 1.88. The molecule has 0 spiro atoms. The zero-order chi connectivity index (χ0) is 10.3. The second-order valence-corrected chi connectivity index (χ2v) is 2.76. The number of aldehydes is 1. The van der Waals surface area contributed by atoms with Crippen molar-refractivity contribution in [2.75, 3.05) is 0 Å². The summed E-state index contributed by atoms with van der Waals surface area (Å²) in [7, 11) is 1.45. The number of fused-ring (bicyclic) bond motifs is 1. The minimum atomic E-state index is -0.580. The van der Waals surface area contributed by atoms with E-state index in [9.17, 15) is 14.4 Å². The van der Waals surface area contributed by atoms with Gasteiger partial charge in [-0.05, 0) is 0 Å². The van der Waals surface area contributed by atoms with Gasteiger partial charge in [-0.2, -0.15) is 0 Å². The number of nitrogens with one attached hydrogen (secondary N) is 2. The van der Waals surface area contributed by atoms with Gasteiger partial charge in [0.15, 0.2) is 17.8 Å². The molecule has 0 aromatic carbocycles. The summed E-state index contributed by atoms with van der Waals surface area (Å²) in [6, 6.07) is 0. The summed E-state index contributed by atoms with van der Waals surface area (Å²) in [5.74, 6) is 0.0201. The fourth-order valence-corrected chi connectivity index (χ4v) is 1.18. The van der Waals surface area contributed by atoms with Gasteiger partial charge in [0.25, 0.3) is 5.56 Å². The average Bonchev–Trinajstić information content (AvgIpc) is 2.58. The highest BCUT2D eigenvalue weighted by molar-refractivity contribution is 5.78. The zero-order valence-electron chi connectivity index (χ0n) is 7.20. The molecule has 0 aliphatic carbocycles. The third kappa shape index (κ3) is 0.987. The van der Waals surface area contributed by atoms with Gasteiger partial charge in [0.1, 0.15) is 5.52 Å². The summed E-state index contributed by atoms with van der Waals surface area (Å²) in [5.41, 5.74) is -0.856. The van der Waals surface area contributed by atoms with Crippen LogP contribution in [0.25, 0.3) is 11.2 Å². The van der Waals surface area contributed by atoms with Crippen molar-refractivity contribution in [1.82, 2.24) is 19.5 Å². The molecule has 0 amide bonds. The van der Waals surface area contributed by atoms with E-state index < -0.39 is 11.2 Å². The summed E-state index contributed by atoms with van der Waals surface area (Å²) in [4.78, 5) is 41.1. The van der Waals surface area contributed by atoms with Crippen LogP contribution < -0.4 is 11.2 Å². The average molecular weight is 194 g/mol. The highest BCUT2D eigenvalue weighted by Crippen LogP contribution is 2.00. The van der Waals surface area contributed by atoms with Crippen LogP contribution >= 0.6 is 0 Å². The summed E-state index contributed by atoms with van der Waals surface area (Å²) in [6.07, 6.45) is 0.476. The second kappa shape index (κ2) is 2.66. The molecule has 0 aliphatic heterocycles. The van der Waals surface area contributed by atoms with E-state index in [1.54, 1.807) is 0 Å². The zero-order valence-corrected chi connectivity index (χ0v) is 7.20. The van der Waals surface area contributed by atoms with Gasteiger partial charge in [-0.3, -0.25) is 19.1 Å². The van der Waals surface area contributed by atoms with Crippen molar-refractivity contribution in [2.45, 2.75) is 0 Å². The molecule has 0 fully saturated rings. The molecule has 72 valence electrons. The number of carbonyl (C=O) groups is 1. The largest absolute Gasteiger partial charge is 0.330 e. The fraction of sp³-hybridized carbons (Fsp3) is 0.143. The number of H-pyrrole nitrogens is 2. The van der Waals surface area contributed by atoms with Gasteiger partial charge < -0.3 is 4.98 Å². The maximum atomic E-state index is 11.2. The predicted molar refractivity (Wildman–Crippen MR) is 47.3 cm³/mol. The van der Waals surface area contributed by atoms with Crippen molar-refractivity contribution < 1.29 is 4.79 Å². The first-order valence-corrected chi connectivity index (χ1v) is 3.77. The second-order valence-electron chi connectivity index (χ2n) is 2.76. The molecule has 0 unspecified atom stereocenters.